The third kappa shape index (κ3) is 3.63. The van der Waals surface area contributed by atoms with E-state index in [1.54, 1.807) is 4.90 Å². The molecular weight excluding hydrogens is 260 g/mol. The lowest BCUT2D eigenvalue weighted by Crippen LogP contribution is -2.32. The van der Waals surface area contributed by atoms with E-state index >= 15 is 0 Å². The van der Waals surface area contributed by atoms with Crippen molar-refractivity contribution in [2.24, 2.45) is 0 Å². The summed E-state index contributed by atoms with van der Waals surface area (Å²) >= 11 is 0. The van der Waals surface area contributed by atoms with E-state index in [1.807, 2.05) is 45.0 Å². The van der Waals surface area contributed by atoms with Gasteiger partial charge in [-0.05, 0) is 50.1 Å². The molecule has 2 N–H and O–H groups in total. The minimum Gasteiger partial charge on any atom is -0.399 e. The number of benzene rings is 2. The summed E-state index contributed by atoms with van der Waals surface area (Å²) in [6, 6.07) is 13.7. The summed E-state index contributed by atoms with van der Waals surface area (Å²) in [5.41, 5.74) is 10.7. The van der Waals surface area contributed by atoms with Crippen molar-refractivity contribution in [1.29, 1.82) is 0 Å². The molecule has 0 atom stereocenters. The lowest BCUT2D eigenvalue weighted by Gasteiger charge is -2.22. The highest BCUT2D eigenvalue weighted by molar-refractivity contribution is 5.95. The van der Waals surface area contributed by atoms with Gasteiger partial charge in [0.1, 0.15) is 0 Å². The summed E-state index contributed by atoms with van der Waals surface area (Å²) < 4.78 is 0. The number of nitrogens with zero attached hydrogens (tertiary/aromatic N) is 1. The number of amides is 1. The Bertz CT molecular complexity index is 649. The third-order valence-corrected chi connectivity index (χ3v) is 3.65. The lowest BCUT2D eigenvalue weighted by atomic mass is 10.0. The zero-order valence-corrected chi connectivity index (χ0v) is 12.9. The number of rotatable bonds is 4. The molecule has 0 fully saturated rings. The first kappa shape index (κ1) is 15.1. The Morgan fingerprint density at radius 2 is 1.90 bits per heavy atom. The maximum Gasteiger partial charge on any atom is 0.231 e. The van der Waals surface area contributed by atoms with Crippen LogP contribution in [0, 0.1) is 13.8 Å². The van der Waals surface area contributed by atoms with Crippen LogP contribution in [-0.4, -0.2) is 12.5 Å². The molecule has 21 heavy (non-hydrogen) atoms. The quantitative estimate of drug-likeness (QED) is 0.873. The Hall–Kier alpha value is -2.29. The van der Waals surface area contributed by atoms with Crippen molar-refractivity contribution in [2.45, 2.75) is 27.2 Å². The van der Waals surface area contributed by atoms with Crippen LogP contribution in [0.3, 0.4) is 0 Å². The first-order valence-corrected chi connectivity index (χ1v) is 7.23. The van der Waals surface area contributed by atoms with E-state index in [1.165, 1.54) is 5.56 Å². The molecule has 2 rings (SSSR count). The van der Waals surface area contributed by atoms with Crippen LogP contribution in [0.15, 0.2) is 42.5 Å². The Labute approximate surface area is 126 Å². The fraction of sp³-hybridized carbons (Fsp3) is 0.278. The van der Waals surface area contributed by atoms with E-state index in [4.69, 9.17) is 5.73 Å². The van der Waals surface area contributed by atoms with Gasteiger partial charge in [-0.2, -0.15) is 0 Å². The van der Waals surface area contributed by atoms with E-state index in [9.17, 15) is 4.79 Å². The van der Waals surface area contributed by atoms with Gasteiger partial charge in [-0.25, -0.2) is 0 Å². The van der Waals surface area contributed by atoms with Crippen LogP contribution < -0.4 is 10.6 Å². The number of nitrogens with two attached hydrogens (primary N) is 1. The summed E-state index contributed by atoms with van der Waals surface area (Å²) in [5.74, 6) is 0.0943. The molecule has 0 bridgehead atoms. The molecule has 0 unspecified atom stereocenters. The number of hydrogen-bond acceptors (Lipinski definition) is 2. The summed E-state index contributed by atoms with van der Waals surface area (Å²) in [7, 11) is 0. The van der Waals surface area contributed by atoms with Crippen LogP contribution in [0.2, 0.25) is 0 Å². The predicted octanol–water partition coefficient (Wildman–Crippen LogP) is 3.48. The number of hydrogen-bond donors (Lipinski definition) is 1. The molecule has 110 valence electrons. The molecule has 0 heterocycles. The van der Waals surface area contributed by atoms with Gasteiger partial charge in [0.2, 0.25) is 5.91 Å². The SMILES string of the molecule is CCN(C(=O)Cc1cc(C)ccc1C)c1cccc(N)c1. The van der Waals surface area contributed by atoms with Crippen molar-refractivity contribution < 1.29 is 4.79 Å². The number of carbonyl (C=O) groups is 1. The molecule has 0 spiro atoms. The molecular formula is C18H22N2O. The van der Waals surface area contributed by atoms with E-state index < -0.39 is 0 Å². The molecule has 0 saturated heterocycles. The molecule has 0 aliphatic heterocycles. The molecule has 2 aromatic carbocycles. The Balaban J connectivity index is 2.23. The van der Waals surface area contributed by atoms with Crippen molar-refractivity contribution in [3.05, 3.63) is 59.2 Å². The van der Waals surface area contributed by atoms with Gasteiger partial charge in [-0.1, -0.05) is 29.8 Å². The number of aryl methyl sites for hydroxylation is 2. The Morgan fingerprint density at radius 1 is 1.14 bits per heavy atom. The molecule has 3 nitrogen and oxygen atoms in total. The van der Waals surface area contributed by atoms with Crippen molar-refractivity contribution in [1.82, 2.24) is 0 Å². The normalized spacial score (nSPS) is 10.4. The predicted molar refractivity (Wildman–Crippen MR) is 88.5 cm³/mol. The number of carbonyl (C=O) groups excluding carboxylic acids is 1. The average Bonchev–Trinajstić information content (AvgIpc) is 2.44. The van der Waals surface area contributed by atoms with Gasteiger partial charge in [-0.15, -0.1) is 0 Å². The first-order valence-electron chi connectivity index (χ1n) is 7.23. The number of anilines is 2. The summed E-state index contributed by atoms with van der Waals surface area (Å²) in [6.45, 7) is 6.69. The Kier molecular flexibility index (Phi) is 4.63. The minimum absolute atomic E-state index is 0.0943. The fourth-order valence-electron chi connectivity index (χ4n) is 2.44. The highest BCUT2D eigenvalue weighted by Crippen LogP contribution is 2.19. The second-order valence-electron chi connectivity index (χ2n) is 5.34. The van der Waals surface area contributed by atoms with E-state index in [0.717, 1.165) is 16.8 Å². The summed E-state index contributed by atoms with van der Waals surface area (Å²) in [5, 5.41) is 0. The van der Waals surface area contributed by atoms with Gasteiger partial charge in [0.25, 0.3) is 0 Å². The van der Waals surface area contributed by atoms with Crippen LogP contribution in [0.1, 0.15) is 23.6 Å². The smallest absolute Gasteiger partial charge is 0.231 e. The third-order valence-electron chi connectivity index (χ3n) is 3.65. The Morgan fingerprint density at radius 3 is 2.57 bits per heavy atom. The number of likely N-dealkylation sites (N-methyl/N-ethyl adjacent to an activating group) is 1. The van der Waals surface area contributed by atoms with E-state index in [0.29, 0.717) is 18.7 Å². The molecule has 3 heteroatoms. The highest BCUT2D eigenvalue weighted by Gasteiger charge is 2.15. The fourth-order valence-corrected chi connectivity index (χ4v) is 2.44. The van der Waals surface area contributed by atoms with Crippen LogP contribution in [-0.2, 0) is 11.2 Å². The zero-order valence-electron chi connectivity index (χ0n) is 12.9. The van der Waals surface area contributed by atoms with Crippen LogP contribution in [0.25, 0.3) is 0 Å². The van der Waals surface area contributed by atoms with Crippen LogP contribution >= 0.6 is 0 Å². The topological polar surface area (TPSA) is 46.3 Å². The summed E-state index contributed by atoms with van der Waals surface area (Å²) in [4.78, 5) is 14.4. The van der Waals surface area contributed by atoms with Gasteiger partial charge >= 0.3 is 0 Å². The lowest BCUT2D eigenvalue weighted by molar-refractivity contribution is -0.117. The maximum absolute atomic E-state index is 12.6. The molecule has 0 aliphatic carbocycles. The zero-order chi connectivity index (χ0) is 15.4. The van der Waals surface area contributed by atoms with Gasteiger partial charge in [0.15, 0.2) is 0 Å². The standard InChI is InChI=1S/C18H22N2O/c1-4-20(17-7-5-6-16(19)12-17)18(21)11-15-10-13(2)8-9-14(15)3/h5-10,12H,4,11,19H2,1-3H3. The molecule has 1 amide bonds. The molecule has 0 saturated carbocycles. The van der Waals surface area contributed by atoms with Crippen LogP contribution in [0.5, 0.6) is 0 Å². The van der Waals surface area contributed by atoms with Crippen molar-refractivity contribution >= 4 is 17.3 Å². The summed E-state index contributed by atoms with van der Waals surface area (Å²) in [6.07, 6.45) is 0.413. The monoisotopic (exact) mass is 282 g/mol. The van der Waals surface area contributed by atoms with Crippen molar-refractivity contribution in [3.63, 3.8) is 0 Å². The molecule has 0 aliphatic rings. The number of nitrogen functional groups attached to an aromatic ring is 1. The van der Waals surface area contributed by atoms with E-state index in [2.05, 4.69) is 18.2 Å². The second-order valence-corrected chi connectivity index (χ2v) is 5.34. The second kappa shape index (κ2) is 6.44. The van der Waals surface area contributed by atoms with Gasteiger partial charge in [0, 0.05) is 17.9 Å². The molecule has 0 aromatic heterocycles. The van der Waals surface area contributed by atoms with Gasteiger partial charge in [-0.3, -0.25) is 4.79 Å². The van der Waals surface area contributed by atoms with Gasteiger partial charge in [0.05, 0.1) is 6.42 Å². The first-order chi connectivity index (χ1) is 10.0. The molecule has 2 aromatic rings. The van der Waals surface area contributed by atoms with Crippen molar-refractivity contribution in [2.75, 3.05) is 17.2 Å². The van der Waals surface area contributed by atoms with E-state index in [-0.39, 0.29) is 5.91 Å². The average molecular weight is 282 g/mol. The van der Waals surface area contributed by atoms with Crippen LogP contribution in [0.4, 0.5) is 11.4 Å². The highest BCUT2D eigenvalue weighted by atomic mass is 16.2. The van der Waals surface area contributed by atoms with Gasteiger partial charge < -0.3 is 10.6 Å². The minimum atomic E-state index is 0.0943. The maximum atomic E-state index is 12.6. The molecule has 0 radical (unpaired) electrons. The van der Waals surface area contributed by atoms with Crippen molar-refractivity contribution in [3.8, 4) is 0 Å². The largest absolute Gasteiger partial charge is 0.399 e.